The van der Waals surface area contributed by atoms with Crippen molar-refractivity contribution in [2.24, 2.45) is 5.73 Å². The van der Waals surface area contributed by atoms with Gasteiger partial charge in [-0.25, -0.2) is 5.43 Å². The first-order valence-electron chi connectivity index (χ1n) is 6.31. The Hall–Kier alpha value is -1.91. The summed E-state index contributed by atoms with van der Waals surface area (Å²) in [5, 5.41) is 2.38. The van der Waals surface area contributed by atoms with E-state index in [0.717, 1.165) is 5.56 Å². The molecule has 1 amide bonds. The largest absolute Gasteiger partial charge is 0.320 e. The summed E-state index contributed by atoms with van der Waals surface area (Å²) in [6, 6.07) is 11.9. The number of carbonyl (C=O) groups excluding carboxylic acids is 1. The molecule has 100 valence electrons. The van der Waals surface area contributed by atoms with E-state index in [1.165, 1.54) is 16.3 Å². The first-order chi connectivity index (χ1) is 9.10. The van der Waals surface area contributed by atoms with E-state index < -0.39 is 6.04 Å². The zero-order valence-corrected chi connectivity index (χ0v) is 11.2. The Morgan fingerprint density at radius 1 is 1.21 bits per heavy atom. The molecule has 0 aliphatic carbocycles. The molecule has 0 saturated heterocycles. The van der Waals surface area contributed by atoms with Gasteiger partial charge < -0.3 is 5.73 Å². The lowest BCUT2D eigenvalue weighted by Gasteiger charge is -2.12. The normalized spacial score (nSPS) is 12.4. The number of benzene rings is 2. The molecule has 0 aliphatic heterocycles. The Morgan fingerprint density at radius 2 is 1.89 bits per heavy atom. The van der Waals surface area contributed by atoms with Crippen LogP contribution in [0.3, 0.4) is 0 Å². The van der Waals surface area contributed by atoms with Crippen molar-refractivity contribution in [1.82, 2.24) is 10.9 Å². The van der Waals surface area contributed by atoms with E-state index >= 15 is 0 Å². The minimum atomic E-state index is -0.546. The van der Waals surface area contributed by atoms with E-state index in [4.69, 9.17) is 5.73 Å². The van der Waals surface area contributed by atoms with Crippen LogP contribution in [-0.2, 0) is 11.2 Å². The van der Waals surface area contributed by atoms with Crippen molar-refractivity contribution in [3.8, 4) is 0 Å². The molecular weight excluding hydrogens is 238 g/mol. The third-order valence-corrected chi connectivity index (χ3v) is 3.10. The van der Waals surface area contributed by atoms with Gasteiger partial charge in [-0.05, 0) is 29.7 Å². The quantitative estimate of drug-likeness (QED) is 0.723. The van der Waals surface area contributed by atoms with Crippen molar-refractivity contribution in [2.75, 3.05) is 7.05 Å². The monoisotopic (exact) mass is 257 g/mol. The van der Waals surface area contributed by atoms with Crippen LogP contribution in [-0.4, -0.2) is 19.0 Å². The number of hydrogen-bond donors (Lipinski definition) is 3. The van der Waals surface area contributed by atoms with Crippen LogP contribution < -0.4 is 16.6 Å². The van der Waals surface area contributed by atoms with Crippen molar-refractivity contribution >= 4 is 16.7 Å². The van der Waals surface area contributed by atoms with Crippen LogP contribution in [0.4, 0.5) is 0 Å². The van der Waals surface area contributed by atoms with Gasteiger partial charge in [0.2, 0.25) is 0 Å². The third-order valence-electron chi connectivity index (χ3n) is 3.10. The fourth-order valence-corrected chi connectivity index (χ4v) is 2.10. The number of aryl methyl sites for hydroxylation is 1. The lowest BCUT2D eigenvalue weighted by molar-refractivity contribution is -0.123. The molecule has 2 aromatic carbocycles. The highest BCUT2D eigenvalue weighted by Gasteiger charge is 2.13. The predicted octanol–water partition coefficient (Wildman–Crippen LogP) is 1.27. The Morgan fingerprint density at radius 3 is 2.63 bits per heavy atom. The van der Waals surface area contributed by atoms with Crippen molar-refractivity contribution in [3.63, 3.8) is 0 Å². The lowest BCUT2D eigenvalue weighted by atomic mass is 10.0. The van der Waals surface area contributed by atoms with E-state index in [1.54, 1.807) is 7.05 Å². The van der Waals surface area contributed by atoms with Gasteiger partial charge in [-0.15, -0.1) is 0 Å². The van der Waals surface area contributed by atoms with E-state index in [0.29, 0.717) is 6.42 Å². The molecule has 0 heterocycles. The maximum absolute atomic E-state index is 11.6. The average molecular weight is 257 g/mol. The fourth-order valence-electron chi connectivity index (χ4n) is 2.10. The van der Waals surface area contributed by atoms with Crippen LogP contribution in [0, 0.1) is 6.92 Å². The molecule has 0 fully saturated rings. The summed E-state index contributed by atoms with van der Waals surface area (Å²) >= 11 is 0. The van der Waals surface area contributed by atoms with E-state index in [1.807, 2.05) is 6.07 Å². The van der Waals surface area contributed by atoms with Gasteiger partial charge in [-0.3, -0.25) is 10.2 Å². The van der Waals surface area contributed by atoms with Gasteiger partial charge in [0.15, 0.2) is 0 Å². The molecule has 0 aliphatic rings. The van der Waals surface area contributed by atoms with Crippen molar-refractivity contribution in [1.29, 1.82) is 0 Å². The molecule has 0 aromatic heterocycles. The molecule has 0 bridgehead atoms. The number of fused-ring (bicyclic) bond motifs is 1. The third kappa shape index (κ3) is 3.30. The first-order valence-corrected chi connectivity index (χ1v) is 6.31. The Balaban J connectivity index is 2.17. The minimum absolute atomic E-state index is 0.202. The fraction of sp³-hybridized carbons (Fsp3) is 0.267. The van der Waals surface area contributed by atoms with Crippen LogP contribution >= 0.6 is 0 Å². The number of nitrogens with two attached hydrogens (primary N) is 1. The molecular formula is C15H19N3O. The summed E-state index contributed by atoms with van der Waals surface area (Å²) in [5.41, 5.74) is 13.2. The zero-order chi connectivity index (χ0) is 13.8. The van der Waals surface area contributed by atoms with Crippen molar-refractivity contribution in [2.45, 2.75) is 19.4 Å². The van der Waals surface area contributed by atoms with Gasteiger partial charge in [0.25, 0.3) is 5.91 Å². The highest BCUT2D eigenvalue weighted by atomic mass is 16.2. The highest BCUT2D eigenvalue weighted by molar-refractivity contribution is 5.84. The second-order valence-corrected chi connectivity index (χ2v) is 4.73. The minimum Gasteiger partial charge on any atom is -0.320 e. The predicted molar refractivity (Wildman–Crippen MR) is 77.6 cm³/mol. The van der Waals surface area contributed by atoms with Crippen LogP contribution in [0.2, 0.25) is 0 Å². The number of hydrazine groups is 1. The van der Waals surface area contributed by atoms with Gasteiger partial charge in [0.1, 0.15) is 0 Å². The van der Waals surface area contributed by atoms with Crippen LogP contribution in [0.25, 0.3) is 10.8 Å². The Bertz CT molecular complexity index is 595. The topological polar surface area (TPSA) is 67.1 Å². The van der Waals surface area contributed by atoms with E-state index in [9.17, 15) is 4.79 Å². The number of nitrogens with one attached hydrogen (secondary N) is 2. The van der Waals surface area contributed by atoms with Gasteiger partial charge in [0.05, 0.1) is 6.04 Å². The van der Waals surface area contributed by atoms with Gasteiger partial charge in [0, 0.05) is 7.05 Å². The van der Waals surface area contributed by atoms with Crippen LogP contribution in [0.1, 0.15) is 11.1 Å². The highest BCUT2D eigenvalue weighted by Crippen LogP contribution is 2.18. The summed E-state index contributed by atoms with van der Waals surface area (Å²) in [6.45, 7) is 2.07. The summed E-state index contributed by atoms with van der Waals surface area (Å²) in [7, 11) is 1.64. The van der Waals surface area contributed by atoms with Crippen LogP contribution in [0.5, 0.6) is 0 Å². The zero-order valence-electron chi connectivity index (χ0n) is 11.2. The van der Waals surface area contributed by atoms with Crippen LogP contribution in [0.15, 0.2) is 36.4 Å². The molecule has 4 nitrogen and oxygen atoms in total. The average Bonchev–Trinajstić information content (AvgIpc) is 2.39. The Labute approximate surface area is 113 Å². The Kier molecular flexibility index (Phi) is 4.14. The van der Waals surface area contributed by atoms with E-state index in [2.05, 4.69) is 48.1 Å². The summed E-state index contributed by atoms with van der Waals surface area (Å²) in [6.07, 6.45) is 0.525. The molecule has 0 spiro atoms. The molecule has 4 heteroatoms. The maximum Gasteiger partial charge on any atom is 0.251 e. The molecule has 4 N–H and O–H groups in total. The number of carbonyl (C=O) groups is 1. The van der Waals surface area contributed by atoms with E-state index in [-0.39, 0.29) is 5.91 Å². The maximum atomic E-state index is 11.6. The van der Waals surface area contributed by atoms with Gasteiger partial charge >= 0.3 is 0 Å². The summed E-state index contributed by atoms with van der Waals surface area (Å²) < 4.78 is 0. The SMILES string of the molecule is CNNC(=O)C(N)Cc1ccc2cc(C)ccc2c1. The van der Waals surface area contributed by atoms with Gasteiger partial charge in [-0.2, -0.15) is 0 Å². The van der Waals surface area contributed by atoms with Crippen molar-refractivity contribution in [3.05, 3.63) is 47.5 Å². The number of rotatable bonds is 4. The molecule has 1 unspecified atom stereocenters. The molecule has 19 heavy (non-hydrogen) atoms. The standard InChI is InChI=1S/C15H19N3O/c1-10-3-5-13-8-11(4-6-12(13)7-10)9-14(16)15(19)18-17-2/h3-8,14,17H,9,16H2,1-2H3,(H,18,19). The van der Waals surface area contributed by atoms with Gasteiger partial charge in [-0.1, -0.05) is 42.0 Å². The second kappa shape index (κ2) is 5.82. The summed E-state index contributed by atoms with van der Waals surface area (Å²) in [5.74, 6) is -0.202. The lowest BCUT2D eigenvalue weighted by Crippen LogP contribution is -2.46. The van der Waals surface area contributed by atoms with Crippen molar-refractivity contribution < 1.29 is 4.79 Å². The first kappa shape index (κ1) is 13.5. The molecule has 0 radical (unpaired) electrons. The molecule has 1 atom stereocenters. The summed E-state index contributed by atoms with van der Waals surface area (Å²) in [4.78, 5) is 11.6. The second-order valence-electron chi connectivity index (χ2n) is 4.73. The molecule has 0 saturated carbocycles. The molecule has 2 rings (SSSR count). The molecule has 2 aromatic rings. The number of hydrogen-bond acceptors (Lipinski definition) is 3. The smallest absolute Gasteiger partial charge is 0.251 e. The number of amides is 1.